The molecular weight excluding hydrogens is 493 g/mol. The van der Waals surface area contributed by atoms with Gasteiger partial charge in [-0.15, -0.1) is 0 Å². The van der Waals surface area contributed by atoms with E-state index in [1.165, 1.54) is 4.57 Å². The van der Waals surface area contributed by atoms with Crippen molar-refractivity contribution in [3.05, 3.63) is 61.2 Å². The van der Waals surface area contributed by atoms with Gasteiger partial charge in [0.25, 0.3) is 5.56 Å². The number of nitrogens with zero attached hydrogens (tertiary/aromatic N) is 4. The highest BCUT2D eigenvalue weighted by atomic mass is 35.5. The molecule has 0 saturated carbocycles. The smallest absolute Gasteiger partial charge is 0.330 e. The first-order valence-corrected chi connectivity index (χ1v) is 12.3. The Morgan fingerprint density at radius 1 is 1.00 bits per heavy atom. The van der Waals surface area contributed by atoms with E-state index in [0.29, 0.717) is 77.0 Å². The van der Waals surface area contributed by atoms with Gasteiger partial charge in [0.15, 0.2) is 22.7 Å². The van der Waals surface area contributed by atoms with Gasteiger partial charge in [0.1, 0.15) is 5.76 Å². The standard InChI is InChI=1S/C24H25Cl2N5O4/c1-2-8-31-22-20(23(32)28-24(31)33)30(10-9-29-11-13-34-14-12-29)21(27-22)18-7-6-17(35-18)15-4-3-5-16(25)19(15)26/h3-7H,2,8-14H2,1H3,(H,28,32,33). The van der Waals surface area contributed by atoms with Gasteiger partial charge >= 0.3 is 5.69 Å². The van der Waals surface area contributed by atoms with Gasteiger partial charge in [-0.3, -0.25) is 19.2 Å². The quantitative estimate of drug-likeness (QED) is 0.399. The maximum Gasteiger partial charge on any atom is 0.330 e. The summed E-state index contributed by atoms with van der Waals surface area (Å²) in [5.41, 5.74) is 0.404. The monoisotopic (exact) mass is 517 g/mol. The van der Waals surface area contributed by atoms with E-state index < -0.39 is 11.2 Å². The predicted octanol–water partition coefficient (Wildman–Crippen LogP) is 3.86. The van der Waals surface area contributed by atoms with Crippen molar-refractivity contribution < 1.29 is 9.15 Å². The molecule has 5 rings (SSSR count). The highest BCUT2D eigenvalue weighted by molar-refractivity contribution is 6.43. The number of imidazole rings is 1. The lowest BCUT2D eigenvalue weighted by molar-refractivity contribution is 0.0365. The second kappa shape index (κ2) is 10.0. The Bertz CT molecular complexity index is 1480. The molecule has 1 fully saturated rings. The van der Waals surface area contributed by atoms with Gasteiger partial charge in [-0.05, 0) is 30.7 Å². The molecular formula is C24H25Cl2N5O4. The number of benzene rings is 1. The van der Waals surface area contributed by atoms with Crippen LogP contribution in [0.25, 0.3) is 34.1 Å². The van der Waals surface area contributed by atoms with E-state index in [-0.39, 0.29) is 0 Å². The molecule has 0 bridgehead atoms. The van der Waals surface area contributed by atoms with Crippen molar-refractivity contribution >= 4 is 34.4 Å². The van der Waals surface area contributed by atoms with Gasteiger partial charge in [0, 0.05) is 38.3 Å². The number of rotatable bonds is 7. The minimum atomic E-state index is -0.473. The summed E-state index contributed by atoms with van der Waals surface area (Å²) in [4.78, 5) is 35.0. The van der Waals surface area contributed by atoms with E-state index in [2.05, 4.69) is 9.88 Å². The van der Waals surface area contributed by atoms with Crippen LogP contribution in [0.15, 0.2) is 44.3 Å². The normalized spacial score (nSPS) is 14.7. The van der Waals surface area contributed by atoms with Crippen molar-refractivity contribution in [2.45, 2.75) is 26.4 Å². The molecule has 0 amide bonds. The van der Waals surface area contributed by atoms with E-state index in [0.717, 1.165) is 19.5 Å². The number of halogens is 2. The Labute approximate surface area is 210 Å². The Balaban J connectivity index is 1.64. The first-order chi connectivity index (χ1) is 17.0. The van der Waals surface area contributed by atoms with Crippen molar-refractivity contribution in [3.8, 4) is 22.9 Å². The molecule has 4 heterocycles. The summed E-state index contributed by atoms with van der Waals surface area (Å²) in [6.45, 7) is 6.58. The van der Waals surface area contributed by atoms with Gasteiger partial charge in [0.05, 0.1) is 23.3 Å². The highest BCUT2D eigenvalue weighted by Crippen LogP contribution is 2.36. The number of fused-ring (bicyclic) bond motifs is 1. The zero-order valence-corrected chi connectivity index (χ0v) is 20.7. The lowest BCUT2D eigenvalue weighted by atomic mass is 10.2. The van der Waals surface area contributed by atoms with E-state index in [1.54, 1.807) is 24.3 Å². The molecule has 9 nitrogen and oxygen atoms in total. The zero-order valence-electron chi connectivity index (χ0n) is 19.2. The summed E-state index contributed by atoms with van der Waals surface area (Å²) in [6.07, 6.45) is 0.717. The first-order valence-electron chi connectivity index (χ1n) is 11.6. The Morgan fingerprint density at radius 3 is 2.54 bits per heavy atom. The number of furan rings is 1. The molecule has 0 spiro atoms. The average molecular weight is 518 g/mol. The molecule has 1 aromatic carbocycles. The maximum absolute atomic E-state index is 13.0. The third-order valence-corrected chi connectivity index (χ3v) is 6.94. The maximum atomic E-state index is 13.0. The summed E-state index contributed by atoms with van der Waals surface area (Å²) < 4.78 is 14.9. The third kappa shape index (κ3) is 4.56. The van der Waals surface area contributed by atoms with Gasteiger partial charge in [-0.1, -0.05) is 36.2 Å². The zero-order chi connectivity index (χ0) is 24.5. The molecule has 184 valence electrons. The van der Waals surface area contributed by atoms with E-state index >= 15 is 0 Å². The van der Waals surface area contributed by atoms with Crippen LogP contribution in [0, 0.1) is 0 Å². The molecule has 0 aliphatic carbocycles. The molecule has 35 heavy (non-hydrogen) atoms. The number of aromatic nitrogens is 4. The predicted molar refractivity (Wildman–Crippen MR) is 135 cm³/mol. The fourth-order valence-electron chi connectivity index (χ4n) is 4.37. The van der Waals surface area contributed by atoms with Crippen LogP contribution in [-0.2, 0) is 17.8 Å². The number of morpholine rings is 1. The van der Waals surface area contributed by atoms with Crippen LogP contribution in [-0.4, -0.2) is 56.9 Å². The summed E-state index contributed by atoms with van der Waals surface area (Å²) >= 11 is 12.6. The van der Waals surface area contributed by atoms with E-state index in [4.69, 9.17) is 37.3 Å². The highest BCUT2D eigenvalue weighted by Gasteiger charge is 2.23. The molecule has 1 saturated heterocycles. The Morgan fingerprint density at radius 2 is 1.77 bits per heavy atom. The fourth-order valence-corrected chi connectivity index (χ4v) is 4.77. The second-order valence-corrected chi connectivity index (χ2v) is 9.17. The lowest BCUT2D eigenvalue weighted by Crippen LogP contribution is -2.38. The molecule has 1 aliphatic rings. The number of H-pyrrole nitrogens is 1. The molecule has 3 aromatic heterocycles. The summed E-state index contributed by atoms with van der Waals surface area (Å²) in [5.74, 6) is 1.46. The molecule has 1 aliphatic heterocycles. The van der Waals surface area contributed by atoms with Crippen LogP contribution in [0.4, 0.5) is 0 Å². The van der Waals surface area contributed by atoms with Crippen LogP contribution in [0.1, 0.15) is 13.3 Å². The summed E-state index contributed by atoms with van der Waals surface area (Å²) in [5, 5.41) is 0.819. The van der Waals surface area contributed by atoms with Crippen LogP contribution < -0.4 is 11.2 Å². The van der Waals surface area contributed by atoms with Crippen molar-refractivity contribution in [3.63, 3.8) is 0 Å². The van der Waals surface area contributed by atoms with Gasteiger partial charge < -0.3 is 13.7 Å². The molecule has 0 atom stereocenters. The first kappa shape index (κ1) is 23.9. The van der Waals surface area contributed by atoms with Crippen molar-refractivity contribution in [2.75, 3.05) is 32.8 Å². The number of nitrogens with one attached hydrogen (secondary N) is 1. The number of aromatic amines is 1. The molecule has 0 radical (unpaired) electrons. The van der Waals surface area contributed by atoms with Crippen LogP contribution >= 0.6 is 23.2 Å². The largest absolute Gasteiger partial charge is 0.453 e. The summed E-state index contributed by atoms with van der Waals surface area (Å²) in [6, 6.07) is 8.91. The minimum Gasteiger partial charge on any atom is -0.453 e. The molecule has 11 heteroatoms. The van der Waals surface area contributed by atoms with Crippen LogP contribution in [0.2, 0.25) is 10.0 Å². The number of hydrogen-bond acceptors (Lipinski definition) is 6. The SMILES string of the molecule is CCCn1c(=O)[nH]c(=O)c2c1nc(-c1ccc(-c3cccc(Cl)c3Cl)o1)n2CCN1CCOCC1. The molecule has 0 unspecified atom stereocenters. The third-order valence-electron chi connectivity index (χ3n) is 6.12. The van der Waals surface area contributed by atoms with Crippen molar-refractivity contribution in [1.29, 1.82) is 0 Å². The Kier molecular flexibility index (Phi) is 6.84. The van der Waals surface area contributed by atoms with Gasteiger partial charge in [0.2, 0.25) is 0 Å². The van der Waals surface area contributed by atoms with Gasteiger partial charge in [-0.2, -0.15) is 0 Å². The average Bonchev–Trinajstić information content (AvgIpc) is 3.48. The molecule has 4 aromatic rings. The minimum absolute atomic E-state index is 0.344. The summed E-state index contributed by atoms with van der Waals surface area (Å²) in [7, 11) is 0. The van der Waals surface area contributed by atoms with E-state index in [1.807, 2.05) is 17.6 Å². The van der Waals surface area contributed by atoms with E-state index in [9.17, 15) is 9.59 Å². The number of aryl methyl sites for hydroxylation is 1. The Hall–Kier alpha value is -2.85. The molecule has 1 N–H and O–H groups in total. The number of ether oxygens (including phenoxy) is 1. The van der Waals surface area contributed by atoms with Gasteiger partial charge in [-0.25, -0.2) is 9.78 Å². The van der Waals surface area contributed by atoms with Crippen molar-refractivity contribution in [2.24, 2.45) is 0 Å². The van der Waals surface area contributed by atoms with Crippen LogP contribution in [0.5, 0.6) is 0 Å². The second-order valence-electron chi connectivity index (χ2n) is 8.39. The number of hydrogen-bond donors (Lipinski definition) is 1. The van der Waals surface area contributed by atoms with Crippen molar-refractivity contribution in [1.82, 2.24) is 24.0 Å². The lowest BCUT2D eigenvalue weighted by Gasteiger charge is -2.26. The fraction of sp³-hybridized carbons (Fsp3) is 0.375. The van der Waals surface area contributed by atoms with Crippen LogP contribution in [0.3, 0.4) is 0 Å². The topological polar surface area (TPSA) is 98.3 Å².